The largest absolute Gasteiger partial charge is 0.507 e. The zero-order valence-corrected chi connectivity index (χ0v) is 17.4. The molecule has 0 spiro atoms. The minimum absolute atomic E-state index is 0.0274. The fourth-order valence-electron chi connectivity index (χ4n) is 3.30. The van der Waals surface area contributed by atoms with Crippen molar-refractivity contribution in [2.75, 3.05) is 20.3 Å². The molecule has 160 valence electrons. The minimum Gasteiger partial charge on any atom is -0.507 e. The number of fused-ring (bicyclic) bond motifs is 1. The van der Waals surface area contributed by atoms with Crippen molar-refractivity contribution < 1.29 is 33.6 Å². The number of ether oxygens (including phenoxy) is 4. The number of carbonyl (C=O) groups is 2. The summed E-state index contributed by atoms with van der Waals surface area (Å²) in [4.78, 5) is 23.2. The fraction of sp³-hybridized carbons (Fsp3) is 0.391. The minimum atomic E-state index is -0.366. The monoisotopic (exact) mass is 414 g/mol. The SMILES string of the molecule is CCCc1c(OCC2COc3ccc(CC(=O)OC)cc3O2)ccc(C(C)=O)c1O. The van der Waals surface area contributed by atoms with Gasteiger partial charge >= 0.3 is 5.97 Å². The fourth-order valence-corrected chi connectivity index (χ4v) is 3.30. The van der Waals surface area contributed by atoms with Gasteiger partial charge in [0, 0.05) is 5.56 Å². The van der Waals surface area contributed by atoms with E-state index in [1.807, 2.05) is 6.92 Å². The molecule has 7 heteroatoms. The van der Waals surface area contributed by atoms with Gasteiger partial charge in [-0.05, 0) is 43.2 Å². The summed E-state index contributed by atoms with van der Waals surface area (Å²) in [5.74, 6) is 1.12. The standard InChI is InChI=1S/C23H26O7/c1-4-5-18-19(9-7-17(14(2)24)23(18)26)28-12-16-13-29-20-8-6-15(10-21(20)30-16)11-22(25)27-3/h6-10,16,26H,4-5,11-13H2,1-3H3. The average molecular weight is 414 g/mol. The smallest absolute Gasteiger partial charge is 0.309 e. The lowest BCUT2D eigenvalue weighted by Gasteiger charge is -2.27. The maximum absolute atomic E-state index is 11.7. The van der Waals surface area contributed by atoms with Gasteiger partial charge in [-0.25, -0.2) is 0 Å². The first-order valence-corrected chi connectivity index (χ1v) is 9.90. The van der Waals surface area contributed by atoms with E-state index in [4.69, 9.17) is 18.9 Å². The number of phenolic OH excluding ortho intramolecular Hbond substituents is 1. The Bertz CT molecular complexity index is 935. The molecule has 0 aromatic heterocycles. The van der Waals surface area contributed by atoms with E-state index in [-0.39, 0.29) is 42.2 Å². The number of rotatable bonds is 8. The van der Waals surface area contributed by atoms with Crippen molar-refractivity contribution in [2.24, 2.45) is 0 Å². The third kappa shape index (κ3) is 4.84. The van der Waals surface area contributed by atoms with Gasteiger partial charge in [0.15, 0.2) is 23.4 Å². The van der Waals surface area contributed by atoms with Crippen molar-refractivity contribution in [1.29, 1.82) is 0 Å². The van der Waals surface area contributed by atoms with Gasteiger partial charge in [-0.1, -0.05) is 19.4 Å². The molecule has 1 heterocycles. The van der Waals surface area contributed by atoms with Gasteiger partial charge in [-0.2, -0.15) is 0 Å². The summed E-state index contributed by atoms with van der Waals surface area (Å²) >= 11 is 0. The van der Waals surface area contributed by atoms with Gasteiger partial charge in [-0.15, -0.1) is 0 Å². The molecule has 7 nitrogen and oxygen atoms in total. The van der Waals surface area contributed by atoms with Crippen LogP contribution in [0, 0.1) is 0 Å². The lowest BCUT2D eigenvalue weighted by Crippen LogP contribution is -2.34. The summed E-state index contributed by atoms with van der Waals surface area (Å²) < 4.78 is 22.4. The molecule has 1 atom stereocenters. The quantitative estimate of drug-likeness (QED) is 0.522. The van der Waals surface area contributed by atoms with Crippen LogP contribution in [0.25, 0.3) is 0 Å². The molecular formula is C23H26O7. The Morgan fingerprint density at radius 2 is 2.00 bits per heavy atom. The Morgan fingerprint density at radius 1 is 1.20 bits per heavy atom. The molecule has 0 saturated carbocycles. The molecule has 2 aromatic rings. The normalized spacial score (nSPS) is 14.8. The van der Waals surface area contributed by atoms with Crippen molar-refractivity contribution in [3.8, 4) is 23.0 Å². The van der Waals surface area contributed by atoms with Crippen LogP contribution in [0.1, 0.15) is 41.8 Å². The van der Waals surface area contributed by atoms with Gasteiger partial charge < -0.3 is 24.1 Å². The summed E-state index contributed by atoms with van der Waals surface area (Å²) in [5.41, 5.74) is 1.67. The summed E-state index contributed by atoms with van der Waals surface area (Å²) in [6, 6.07) is 8.59. The molecule has 1 aliphatic rings. The molecule has 2 aromatic carbocycles. The molecule has 0 bridgehead atoms. The lowest BCUT2D eigenvalue weighted by molar-refractivity contribution is -0.139. The second-order valence-corrected chi connectivity index (χ2v) is 7.14. The summed E-state index contributed by atoms with van der Waals surface area (Å²) in [6.07, 6.45) is 1.17. The predicted octanol–water partition coefficient (Wildman–Crippen LogP) is 3.48. The Morgan fingerprint density at radius 3 is 2.70 bits per heavy atom. The number of carbonyl (C=O) groups excluding carboxylic acids is 2. The van der Waals surface area contributed by atoms with Crippen molar-refractivity contribution in [1.82, 2.24) is 0 Å². The van der Waals surface area contributed by atoms with Gasteiger partial charge in [0.05, 0.1) is 19.1 Å². The van der Waals surface area contributed by atoms with E-state index in [2.05, 4.69) is 0 Å². The molecule has 1 unspecified atom stereocenters. The topological polar surface area (TPSA) is 91.3 Å². The third-order valence-corrected chi connectivity index (χ3v) is 4.85. The van der Waals surface area contributed by atoms with E-state index in [0.29, 0.717) is 35.8 Å². The Balaban J connectivity index is 1.70. The van der Waals surface area contributed by atoms with E-state index >= 15 is 0 Å². The summed E-state index contributed by atoms with van der Waals surface area (Å²) in [7, 11) is 1.35. The molecule has 1 aliphatic heterocycles. The maximum atomic E-state index is 11.7. The van der Waals surface area contributed by atoms with Crippen molar-refractivity contribution in [2.45, 2.75) is 39.2 Å². The van der Waals surface area contributed by atoms with Crippen molar-refractivity contribution >= 4 is 11.8 Å². The van der Waals surface area contributed by atoms with Crippen LogP contribution in [0.4, 0.5) is 0 Å². The Labute approximate surface area is 175 Å². The van der Waals surface area contributed by atoms with E-state index in [1.54, 1.807) is 30.3 Å². The number of methoxy groups -OCH3 is 1. The van der Waals surface area contributed by atoms with Crippen molar-refractivity contribution in [3.63, 3.8) is 0 Å². The van der Waals surface area contributed by atoms with Gasteiger partial charge in [0.25, 0.3) is 0 Å². The summed E-state index contributed by atoms with van der Waals surface area (Å²) in [5, 5.41) is 10.5. The molecule has 1 N–H and O–H groups in total. The number of hydrogen-bond donors (Lipinski definition) is 1. The molecular weight excluding hydrogens is 388 g/mol. The molecule has 0 saturated heterocycles. The molecule has 0 fully saturated rings. The van der Waals surface area contributed by atoms with E-state index < -0.39 is 0 Å². The highest BCUT2D eigenvalue weighted by Crippen LogP contribution is 2.35. The maximum Gasteiger partial charge on any atom is 0.309 e. The number of benzene rings is 2. The van der Waals surface area contributed by atoms with Crippen LogP contribution in [0.2, 0.25) is 0 Å². The summed E-state index contributed by atoms with van der Waals surface area (Å²) in [6.45, 7) is 3.93. The zero-order chi connectivity index (χ0) is 21.7. The molecule has 3 rings (SSSR count). The molecule has 0 amide bonds. The Kier molecular flexibility index (Phi) is 6.82. The third-order valence-electron chi connectivity index (χ3n) is 4.85. The molecule has 30 heavy (non-hydrogen) atoms. The van der Waals surface area contributed by atoms with Gasteiger partial charge in [0.1, 0.15) is 24.7 Å². The van der Waals surface area contributed by atoms with E-state index in [9.17, 15) is 14.7 Å². The second kappa shape index (κ2) is 9.52. The number of ketones is 1. The van der Waals surface area contributed by atoms with Crippen LogP contribution in [0.15, 0.2) is 30.3 Å². The number of aromatic hydroxyl groups is 1. The average Bonchev–Trinajstić information content (AvgIpc) is 2.73. The first-order chi connectivity index (χ1) is 14.4. The van der Waals surface area contributed by atoms with E-state index in [1.165, 1.54) is 14.0 Å². The van der Waals surface area contributed by atoms with Crippen LogP contribution >= 0.6 is 0 Å². The number of hydrogen-bond acceptors (Lipinski definition) is 7. The lowest BCUT2D eigenvalue weighted by atomic mass is 10.0. The highest BCUT2D eigenvalue weighted by molar-refractivity contribution is 5.97. The van der Waals surface area contributed by atoms with Crippen LogP contribution < -0.4 is 14.2 Å². The van der Waals surface area contributed by atoms with Crippen LogP contribution in [0.5, 0.6) is 23.0 Å². The second-order valence-electron chi connectivity index (χ2n) is 7.14. The highest BCUT2D eigenvalue weighted by Gasteiger charge is 2.24. The van der Waals surface area contributed by atoms with Crippen LogP contribution in [-0.2, 0) is 22.4 Å². The van der Waals surface area contributed by atoms with Gasteiger partial charge in [0.2, 0.25) is 0 Å². The van der Waals surface area contributed by atoms with Gasteiger partial charge in [-0.3, -0.25) is 9.59 Å². The number of esters is 1. The zero-order valence-electron chi connectivity index (χ0n) is 17.4. The predicted molar refractivity (Wildman–Crippen MR) is 110 cm³/mol. The first-order valence-electron chi connectivity index (χ1n) is 9.90. The molecule has 0 radical (unpaired) electrons. The Hall–Kier alpha value is -3.22. The van der Waals surface area contributed by atoms with Crippen molar-refractivity contribution in [3.05, 3.63) is 47.0 Å². The number of phenols is 1. The number of Topliss-reactive ketones (excluding diaryl/α,β-unsaturated/α-hetero) is 1. The first kappa shape index (κ1) is 21.5. The molecule has 0 aliphatic carbocycles. The van der Waals surface area contributed by atoms with Crippen LogP contribution in [0.3, 0.4) is 0 Å². The van der Waals surface area contributed by atoms with Crippen LogP contribution in [-0.4, -0.2) is 43.3 Å². The highest BCUT2D eigenvalue weighted by atomic mass is 16.6. The van der Waals surface area contributed by atoms with E-state index in [0.717, 1.165) is 12.0 Å².